The molecule has 3 heterocycles. The van der Waals surface area contributed by atoms with E-state index < -0.39 is 0 Å². The number of aryl methyl sites for hydroxylation is 2. The van der Waals surface area contributed by atoms with Crippen LogP contribution in [0.3, 0.4) is 0 Å². The molecule has 0 aliphatic carbocycles. The molecule has 1 atom stereocenters. The van der Waals surface area contributed by atoms with Crippen molar-refractivity contribution in [3.63, 3.8) is 0 Å². The fourth-order valence-electron chi connectivity index (χ4n) is 3.32. The normalized spacial score (nSPS) is 21.1. The van der Waals surface area contributed by atoms with Crippen LogP contribution in [0.25, 0.3) is 0 Å². The third-order valence-electron chi connectivity index (χ3n) is 4.64. The lowest BCUT2D eigenvalue weighted by atomic mass is 9.98. The van der Waals surface area contributed by atoms with E-state index in [1.807, 2.05) is 31.8 Å². The highest BCUT2D eigenvalue weighted by Crippen LogP contribution is 2.35. The molecule has 1 unspecified atom stereocenters. The molecule has 1 aromatic heterocycles. The third-order valence-corrected chi connectivity index (χ3v) is 6.43. The Morgan fingerprint density at radius 3 is 2.78 bits per heavy atom. The summed E-state index contributed by atoms with van der Waals surface area (Å²) >= 11 is 8.18. The van der Waals surface area contributed by atoms with Crippen LogP contribution in [-0.2, 0) is 17.6 Å². The Labute approximate surface area is 167 Å². The lowest BCUT2D eigenvalue weighted by Crippen LogP contribution is -2.28. The predicted molar refractivity (Wildman–Crippen MR) is 107 cm³/mol. The molecular formula is C19H22ClN3O3S. The maximum absolute atomic E-state index is 6.37. The highest BCUT2D eigenvalue weighted by molar-refractivity contribution is 7.98. The molecule has 0 bridgehead atoms. The molecule has 0 amide bonds. The second-order valence-corrected chi connectivity index (χ2v) is 8.45. The van der Waals surface area contributed by atoms with E-state index >= 15 is 0 Å². The number of rotatable bonds is 5. The van der Waals surface area contributed by atoms with E-state index in [0.717, 1.165) is 40.0 Å². The van der Waals surface area contributed by atoms with Gasteiger partial charge >= 0.3 is 0 Å². The average molecular weight is 408 g/mol. The Morgan fingerprint density at radius 2 is 2.04 bits per heavy atom. The molecule has 6 nitrogen and oxygen atoms in total. The highest BCUT2D eigenvalue weighted by atomic mass is 35.5. The van der Waals surface area contributed by atoms with Crippen LogP contribution >= 0.6 is 23.4 Å². The molecule has 0 saturated carbocycles. The van der Waals surface area contributed by atoms with E-state index in [4.69, 9.17) is 25.9 Å². The fourth-order valence-corrected chi connectivity index (χ4v) is 4.70. The Kier molecular flexibility index (Phi) is 4.99. The van der Waals surface area contributed by atoms with Gasteiger partial charge in [0.1, 0.15) is 24.0 Å². The van der Waals surface area contributed by atoms with Gasteiger partial charge in [0, 0.05) is 25.0 Å². The molecule has 0 saturated heterocycles. The lowest BCUT2D eigenvalue weighted by molar-refractivity contribution is 0.0163. The van der Waals surface area contributed by atoms with E-state index in [9.17, 15) is 0 Å². The molecule has 4 rings (SSSR count). The van der Waals surface area contributed by atoms with Crippen molar-refractivity contribution < 1.29 is 14.3 Å². The van der Waals surface area contributed by atoms with Crippen LogP contribution in [0.2, 0.25) is 5.15 Å². The number of fused-ring (bicyclic) bond motifs is 1. The van der Waals surface area contributed by atoms with Gasteiger partial charge in [-0.2, -0.15) is 16.9 Å². The molecule has 0 spiro atoms. The Balaban J connectivity index is 1.35. The first kappa shape index (κ1) is 18.5. The van der Waals surface area contributed by atoms with Crippen molar-refractivity contribution in [3.05, 3.63) is 40.2 Å². The molecule has 2 aliphatic heterocycles. The zero-order valence-electron chi connectivity index (χ0n) is 15.6. The molecule has 1 aromatic carbocycles. The van der Waals surface area contributed by atoms with Crippen molar-refractivity contribution in [3.8, 4) is 11.5 Å². The number of hydrogen-bond acceptors (Lipinski definition) is 6. The Hall–Kier alpha value is -1.86. The first-order valence-electron chi connectivity index (χ1n) is 8.86. The number of nitrogens with zero attached hydrogens (tertiary/aromatic N) is 3. The van der Waals surface area contributed by atoms with E-state index in [-0.39, 0.29) is 5.60 Å². The summed E-state index contributed by atoms with van der Waals surface area (Å²) in [5.74, 6) is 3.35. The van der Waals surface area contributed by atoms with Gasteiger partial charge in [-0.15, -0.1) is 0 Å². The molecule has 144 valence electrons. The summed E-state index contributed by atoms with van der Waals surface area (Å²) in [5.41, 5.74) is 3.49. The second kappa shape index (κ2) is 7.28. The number of benzene rings is 1. The Morgan fingerprint density at radius 1 is 1.26 bits per heavy atom. The van der Waals surface area contributed by atoms with Crippen LogP contribution < -0.4 is 9.47 Å². The van der Waals surface area contributed by atoms with Gasteiger partial charge in [-0.25, -0.2) is 0 Å². The van der Waals surface area contributed by atoms with Gasteiger partial charge in [-0.1, -0.05) is 22.8 Å². The van der Waals surface area contributed by atoms with E-state index in [1.54, 1.807) is 4.68 Å². The molecule has 27 heavy (non-hydrogen) atoms. The summed E-state index contributed by atoms with van der Waals surface area (Å²) in [6.07, 6.45) is 0.716. The van der Waals surface area contributed by atoms with Crippen LogP contribution in [0.1, 0.15) is 30.2 Å². The van der Waals surface area contributed by atoms with E-state index in [1.165, 1.54) is 5.56 Å². The van der Waals surface area contributed by atoms with Crippen LogP contribution in [-0.4, -0.2) is 40.1 Å². The summed E-state index contributed by atoms with van der Waals surface area (Å²) in [6, 6.07) is 6.12. The lowest BCUT2D eigenvalue weighted by Gasteiger charge is -2.21. The molecule has 0 N–H and O–H groups in total. The van der Waals surface area contributed by atoms with Gasteiger partial charge in [0.2, 0.25) is 0 Å². The average Bonchev–Trinajstić information content (AvgIpc) is 3.14. The standard InChI is InChI=1S/C19H22ClN3O3S/c1-12-17(18(20)23(3)21-12)14-9-19(2,26-22-14)11-27-10-13-4-5-15-16(8-13)25-7-6-24-15/h4-5,8H,6-7,9-11H2,1-3H3. The summed E-state index contributed by atoms with van der Waals surface area (Å²) in [7, 11) is 1.83. The molecule has 2 aliphatic rings. The van der Waals surface area contributed by atoms with Gasteiger partial charge in [0.15, 0.2) is 11.5 Å². The fraction of sp³-hybridized carbons (Fsp3) is 0.474. The minimum atomic E-state index is -0.348. The van der Waals surface area contributed by atoms with Crippen molar-refractivity contribution in [2.45, 2.75) is 31.6 Å². The molecular weight excluding hydrogens is 386 g/mol. The largest absolute Gasteiger partial charge is 0.486 e. The molecule has 2 aromatic rings. The summed E-state index contributed by atoms with van der Waals surface area (Å²) < 4.78 is 12.9. The van der Waals surface area contributed by atoms with Gasteiger partial charge in [0.05, 0.1) is 17.0 Å². The summed E-state index contributed by atoms with van der Waals surface area (Å²) in [4.78, 5) is 5.78. The minimum absolute atomic E-state index is 0.348. The Bertz CT molecular complexity index is 899. The van der Waals surface area contributed by atoms with Crippen LogP contribution in [0, 0.1) is 6.92 Å². The monoisotopic (exact) mass is 407 g/mol. The third kappa shape index (κ3) is 3.75. The van der Waals surface area contributed by atoms with Crippen molar-refractivity contribution in [2.75, 3.05) is 19.0 Å². The second-order valence-electron chi connectivity index (χ2n) is 7.10. The SMILES string of the molecule is Cc1nn(C)c(Cl)c1C1=NOC(C)(CSCc2ccc3c(c2)OCCO3)C1. The number of aromatic nitrogens is 2. The highest BCUT2D eigenvalue weighted by Gasteiger charge is 2.36. The number of oxime groups is 1. The van der Waals surface area contributed by atoms with Crippen LogP contribution in [0.5, 0.6) is 11.5 Å². The quantitative estimate of drug-likeness (QED) is 0.750. The molecule has 0 fully saturated rings. The van der Waals surface area contributed by atoms with Gasteiger partial charge in [-0.3, -0.25) is 4.68 Å². The number of halogens is 1. The first-order valence-corrected chi connectivity index (χ1v) is 10.4. The zero-order chi connectivity index (χ0) is 19.0. The molecule has 0 radical (unpaired) electrons. The van der Waals surface area contributed by atoms with Crippen molar-refractivity contribution in [1.29, 1.82) is 0 Å². The number of thioether (sulfide) groups is 1. The molecule has 8 heteroatoms. The topological polar surface area (TPSA) is 57.9 Å². The van der Waals surface area contributed by atoms with Crippen LogP contribution in [0.15, 0.2) is 23.4 Å². The number of ether oxygens (including phenoxy) is 2. The maximum Gasteiger partial charge on any atom is 0.161 e. The smallest absolute Gasteiger partial charge is 0.161 e. The number of hydrogen-bond donors (Lipinski definition) is 0. The van der Waals surface area contributed by atoms with E-state index in [0.29, 0.717) is 24.8 Å². The van der Waals surface area contributed by atoms with Crippen molar-refractivity contribution in [1.82, 2.24) is 9.78 Å². The van der Waals surface area contributed by atoms with Gasteiger partial charge in [0.25, 0.3) is 0 Å². The summed E-state index contributed by atoms with van der Waals surface area (Å²) in [6.45, 7) is 5.24. The maximum atomic E-state index is 6.37. The first-order chi connectivity index (χ1) is 13.0. The van der Waals surface area contributed by atoms with Gasteiger partial charge in [-0.05, 0) is 31.5 Å². The van der Waals surface area contributed by atoms with Crippen LogP contribution in [0.4, 0.5) is 0 Å². The predicted octanol–water partition coefficient (Wildman–Crippen LogP) is 3.97. The van der Waals surface area contributed by atoms with Gasteiger partial charge < -0.3 is 14.3 Å². The van der Waals surface area contributed by atoms with E-state index in [2.05, 4.69) is 29.3 Å². The summed E-state index contributed by atoms with van der Waals surface area (Å²) in [5, 5.41) is 9.27. The van der Waals surface area contributed by atoms with Crippen molar-refractivity contribution in [2.24, 2.45) is 12.2 Å². The van der Waals surface area contributed by atoms with Crippen molar-refractivity contribution >= 4 is 29.1 Å². The minimum Gasteiger partial charge on any atom is -0.486 e. The zero-order valence-corrected chi connectivity index (χ0v) is 17.2.